The number of anilines is 2. The molecule has 0 aromatic heterocycles. The molecule has 1 aromatic carbocycles. The molecular formula is C21H22FN5O5. The van der Waals surface area contributed by atoms with Crippen molar-refractivity contribution in [2.75, 3.05) is 42.6 Å². The van der Waals surface area contributed by atoms with Gasteiger partial charge in [0.2, 0.25) is 5.91 Å². The summed E-state index contributed by atoms with van der Waals surface area (Å²) in [5.41, 5.74) is 7.10. The Kier molecular flexibility index (Phi) is 5.85. The Morgan fingerprint density at radius 2 is 2.03 bits per heavy atom. The Labute approximate surface area is 183 Å². The fourth-order valence-electron chi connectivity index (χ4n) is 4.13. The molecule has 3 heterocycles. The first-order chi connectivity index (χ1) is 15.4. The van der Waals surface area contributed by atoms with Crippen molar-refractivity contribution in [3.63, 3.8) is 0 Å². The molecule has 0 aliphatic carbocycles. The number of rotatable bonds is 5. The van der Waals surface area contributed by atoms with Gasteiger partial charge in [-0.3, -0.25) is 14.6 Å². The molecule has 2 atom stereocenters. The van der Waals surface area contributed by atoms with Crippen molar-refractivity contribution in [1.82, 2.24) is 4.90 Å². The summed E-state index contributed by atoms with van der Waals surface area (Å²) >= 11 is 0. The predicted molar refractivity (Wildman–Crippen MR) is 110 cm³/mol. The molecule has 3 fully saturated rings. The van der Waals surface area contributed by atoms with Gasteiger partial charge in [-0.25, -0.2) is 14.0 Å². The third-order valence-corrected chi connectivity index (χ3v) is 5.84. The molecule has 4 rings (SSSR count). The molecule has 3 aliphatic heterocycles. The molecule has 1 unspecified atom stereocenters. The second-order valence-electron chi connectivity index (χ2n) is 7.82. The standard InChI is InChI=1S/C21H22FN5O5/c22-16-9-14(1-2-17(16)25-7-4-13(3-6-23)5-8-25)26-10-15(32-21(26)30)11-27-18(19(24)28)12-31-20(27)29/h1-3,9,15,18H,4-5,7-8,10-12H2,(H2,24,28)/t15-,18?/m1/s1. The summed E-state index contributed by atoms with van der Waals surface area (Å²) in [6, 6.07) is 5.64. The van der Waals surface area contributed by atoms with Crippen LogP contribution in [0, 0.1) is 17.1 Å². The van der Waals surface area contributed by atoms with Gasteiger partial charge in [-0.15, -0.1) is 0 Å². The number of carbonyl (C=O) groups is 3. The van der Waals surface area contributed by atoms with Gasteiger partial charge in [-0.05, 0) is 31.0 Å². The van der Waals surface area contributed by atoms with Crippen LogP contribution in [0.1, 0.15) is 12.8 Å². The molecule has 10 nitrogen and oxygen atoms in total. The van der Waals surface area contributed by atoms with Gasteiger partial charge in [0.25, 0.3) is 0 Å². The number of benzene rings is 1. The molecule has 0 radical (unpaired) electrons. The molecule has 2 N–H and O–H groups in total. The minimum atomic E-state index is -0.917. The third kappa shape index (κ3) is 4.16. The molecule has 0 bridgehead atoms. The number of nitrogens with two attached hydrogens (primary N) is 1. The zero-order valence-corrected chi connectivity index (χ0v) is 17.2. The molecule has 3 saturated heterocycles. The number of nitrogens with zero attached hydrogens (tertiary/aromatic N) is 4. The lowest BCUT2D eigenvalue weighted by Crippen LogP contribution is -2.47. The summed E-state index contributed by atoms with van der Waals surface area (Å²) in [6.07, 6.45) is 0.840. The molecule has 3 aliphatic rings. The lowest BCUT2D eigenvalue weighted by molar-refractivity contribution is -0.121. The number of halogens is 1. The van der Waals surface area contributed by atoms with Crippen molar-refractivity contribution in [2.45, 2.75) is 25.0 Å². The van der Waals surface area contributed by atoms with Crippen molar-refractivity contribution in [2.24, 2.45) is 5.73 Å². The van der Waals surface area contributed by atoms with Gasteiger partial charge in [0.05, 0.1) is 30.5 Å². The monoisotopic (exact) mass is 443 g/mol. The maximum atomic E-state index is 14.9. The molecular weight excluding hydrogens is 421 g/mol. The molecule has 168 valence electrons. The summed E-state index contributed by atoms with van der Waals surface area (Å²) in [5, 5.41) is 8.76. The van der Waals surface area contributed by atoms with Gasteiger partial charge < -0.3 is 20.1 Å². The van der Waals surface area contributed by atoms with E-state index < -0.39 is 36.1 Å². The number of hydrogen-bond acceptors (Lipinski definition) is 7. The Morgan fingerprint density at radius 1 is 1.28 bits per heavy atom. The maximum absolute atomic E-state index is 14.9. The SMILES string of the molecule is N#CC=C1CCN(c2ccc(N3C[C@H](CN4C(=O)OCC4C(N)=O)OC3=O)cc2F)CC1. The zero-order valence-electron chi connectivity index (χ0n) is 17.2. The van der Waals surface area contributed by atoms with E-state index >= 15 is 0 Å². The summed E-state index contributed by atoms with van der Waals surface area (Å²) in [5.74, 6) is -1.17. The Balaban J connectivity index is 1.42. The van der Waals surface area contributed by atoms with E-state index in [-0.39, 0.29) is 19.7 Å². The van der Waals surface area contributed by atoms with Crippen LogP contribution in [0.3, 0.4) is 0 Å². The van der Waals surface area contributed by atoms with Gasteiger partial charge in [0.1, 0.15) is 24.6 Å². The van der Waals surface area contributed by atoms with Gasteiger partial charge in [0.15, 0.2) is 0 Å². The minimum Gasteiger partial charge on any atom is -0.447 e. The first kappa shape index (κ1) is 21.4. The number of piperidine rings is 1. The molecule has 0 saturated carbocycles. The molecule has 0 spiro atoms. The fraction of sp³-hybridized carbons (Fsp3) is 0.429. The van der Waals surface area contributed by atoms with E-state index in [0.717, 1.165) is 10.5 Å². The number of amides is 3. The topological polar surface area (TPSA) is 129 Å². The number of nitriles is 1. The van der Waals surface area contributed by atoms with Crippen LogP contribution >= 0.6 is 0 Å². The van der Waals surface area contributed by atoms with E-state index in [9.17, 15) is 18.8 Å². The highest BCUT2D eigenvalue weighted by molar-refractivity contribution is 5.90. The second kappa shape index (κ2) is 8.74. The van der Waals surface area contributed by atoms with Gasteiger partial charge in [-0.2, -0.15) is 5.26 Å². The number of primary amides is 1. The van der Waals surface area contributed by atoms with Crippen LogP contribution in [0.4, 0.5) is 25.4 Å². The maximum Gasteiger partial charge on any atom is 0.414 e. The molecule has 3 amide bonds. The Morgan fingerprint density at radius 3 is 2.69 bits per heavy atom. The van der Waals surface area contributed by atoms with Gasteiger partial charge >= 0.3 is 12.2 Å². The van der Waals surface area contributed by atoms with Crippen LogP contribution in [-0.4, -0.2) is 67.9 Å². The quantitative estimate of drug-likeness (QED) is 0.683. The van der Waals surface area contributed by atoms with Crippen LogP contribution in [0.25, 0.3) is 0 Å². The van der Waals surface area contributed by atoms with E-state index in [1.165, 1.54) is 11.0 Å². The summed E-state index contributed by atoms with van der Waals surface area (Å²) in [4.78, 5) is 40.1. The Hall–Kier alpha value is -3.81. The van der Waals surface area contributed by atoms with E-state index in [4.69, 9.17) is 20.5 Å². The highest BCUT2D eigenvalue weighted by Gasteiger charge is 2.42. The van der Waals surface area contributed by atoms with Crippen LogP contribution in [0.5, 0.6) is 0 Å². The molecule has 1 aromatic rings. The van der Waals surface area contributed by atoms with E-state index in [2.05, 4.69) is 0 Å². The highest BCUT2D eigenvalue weighted by Crippen LogP contribution is 2.30. The molecule has 11 heteroatoms. The molecule has 32 heavy (non-hydrogen) atoms. The number of hydrogen-bond donors (Lipinski definition) is 1. The number of ether oxygens (including phenoxy) is 2. The first-order valence-electron chi connectivity index (χ1n) is 10.2. The summed E-state index contributed by atoms with van der Waals surface area (Å²) in [7, 11) is 0. The van der Waals surface area contributed by atoms with Gasteiger partial charge in [0, 0.05) is 19.2 Å². The average molecular weight is 443 g/mol. The van der Waals surface area contributed by atoms with Crippen molar-refractivity contribution in [3.05, 3.63) is 35.7 Å². The van der Waals surface area contributed by atoms with Crippen molar-refractivity contribution in [1.29, 1.82) is 5.26 Å². The number of allylic oxidation sites excluding steroid dienone is 1. The van der Waals surface area contributed by atoms with Crippen LogP contribution in [0.2, 0.25) is 0 Å². The zero-order chi connectivity index (χ0) is 22.8. The van der Waals surface area contributed by atoms with Crippen LogP contribution < -0.4 is 15.5 Å². The van der Waals surface area contributed by atoms with E-state index in [0.29, 0.717) is 37.3 Å². The highest BCUT2D eigenvalue weighted by atomic mass is 19.1. The average Bonchev–Trinajstić information content (AvgIpc) is 3.31. The Bertz CT molecular complexity index is 1010. The first-order valence-corrected chi connectivity index (χ1v) is 10.2. The number of carbonyl (C=O) groups excluding carboxylic acids is 3. The fourth-order valence-corrected chi connectivity index (χ4v) is 4.13. The third-order valence-electron chi connectivity index (χ3n) is 5.84. The number of cyclic esters (lactones) is 2. The summed E-state index contributed by atoms with van der Waals surface area (Å²) < 4.78 is 25.0. The lowest BCUT2D eigenvalue weighted by Gasteiger charge is -2.30. The lowest BCUT2D eigenvalue weighted by atomic mass is 10.0. The predicted octanol–water partition coefficient (Wildman–Crippen LogP) is 1.51. The van der Waals surface area contributed by atoms with Crippen LogP contribution in [-0.2, 0) is 14.3 Å². The van der Waals surface area contributed by atoms with Crippen molar-refractivity contribution >= 4 is 29.5 Å². The van der Waals surface area contributed by atoms with Crippen LogP contribution in [0.15, 0.2) is 29.8 Å². The smallest absolute Gasteiger partial charge is 0.414 e. The van der Waals surface area contributed by atoms with Crippen molar-refractivity contribution < 1.29 is 28.2 Å². The van der Waals surface area contributed by atoms with E-state index in [1.54, 1.807) is 18.2 Å². The second-order valence-corrected chi connectivity index (χ2v) is 7.82. The van der Waals surface area contributed by atoms with Gasteiger partial charge in [-0.1, -0.05) is 5.57 Å². The van der Waals surface area contributed by atoms with E-state index in [1.807, 2.05) is 11.0 Å². The summed E-state index contributed by atoms with van der Waals surface area (Å²) in [6.45, 7) is 1.09. The minimum absolute atomic E-state index is 0.0540. The normalized spacial score (nSPS) is 23.1. The largest absolute Gasteiger partial charge is 0.447 e. The van der Waals surface area contributed by atoms with Crippen molar-refractivity contribution in [3.8, 4) is 6.07 Å².